The van der Waals surface area contributed by atoms with Crippen LogP contribution in [0.2, 0.25) is 0 Å². The van der Waals surface area contributed by atoms with Crippen molar-refractivity contribution in [3.05, 3.63) is 89.0 Å². The van der Waals surface area contributed by atoms with Crippen LogP contribution in [-0.4, -0.2) is 30.6 Å². The molecule has 158 valence electrons. The lowest BCUT2D eigenvalue weighted by Crippen LogP contribution is -2.35. The first-order valence-electron chi connectivity index (χ1n) is 9.88. The van der Waals surface area contributed by atoms with Crippen LogP contribution in [0, 0.1) is 12.8 Å². The van der Waals surface area contributed by atoms with Gasteiger partial charge in [-0.15, -0.1) is 0 Å². The molecule has 0 spiro atoms. The van der Waals surface area contributed by atoms with Crippen molar-refractivity contribution in [2.24, 2.45) is 5.92 Å². The number of ketones is 1. The molecule has 4 rings (SSSR count). The molecule has 3 aromatic rings. The molecule has 1 aliphatic rings. The number of carbonyl (C=O) groups is 2. The van der Waals surface area contributed by atoms with Gasteiger partial charge in [0.2, 0.25) is 0 Å². The Bertz CT molecular complexity index is 1100. The summed E-state index contributed by atoms with van der Waals surface area (Å²) in [4.78, 5) is 25.0. The van der Waals surface area contributed by atoms with Crippen molar-refractivity contribution in [3.8, 4) is 17.2 Å². The summed E-state index contributed by atoms with van der Waals surface area (Å²) >= 11 is 0. The molecule has 6 heteroatoms. The minimum absolute atomic E-state index is 0.0724. The number of Topliss-reactive ketones (excluding diaryl/α,β-unsaturated/α-hetero) is 1. The predicted molar refractivity (Wildman–Crippen MR) is 114 cm³/mol. The van der Waals surface area contributed by atoms with Gasteiger partial charge >= 0.3 is 5.97 Å². The van der Waals surface area contributed by atoms with Crippen LogP contribution in [-0.2, 0) is 4.74 Å². The fourth-order valence-corrected chi connectivity index (χ4v) is 3.59. The van der Waals surface area contributed by atoms with Gasteiger partial charge in [0.25, 0.3) is 0 Å². The molecule has 0 bridgehead atoms. The first-order valence-corrected chi connectivity index (χ1v) is 9.88. The summed E-state index contributed by atoms with van der Waals surface area (Å²) < 4.78 is 16.8. The van der Waals surface area contributed by atoms with Gasteiger partial charge in [-0.3, -0.25) is 4.79 Å². The second-order valence-electron chi connectivity index (χ2n) is 7.42. The third kappa shape index (κ3) is 4.23. The van der Waals surface area contributed by atoms with E-state index in [9.17, 15) is 14.7 Å². The van der Waals surface area contributed by atoms with Crippen molar-refractivity contribution >= 4 is 11.8 Å². The fourth-order valence-electron chi connectivity index (χ4n) is 3.59. The van der Waals surface area contributed by atoms with Crippen LogP contribution < -0.4 is 9.47 Å². The van der Waals surface area contributed by atoms with Crippen molar-refractivity contribution in [2.45, 2.75) is 13.0 Å². The van der Waals surface area contributed by atoms with Gasteiger partial charge in [-0.2, -0.15) is 0 Å². The first kappa shape index (κ1) is 20.5. The number of fused-ring (bicyclic) bond motifs is 1. The zero-order valence-corrected chi connectivity index (χ0v) is 17.2. The SMILES string of the molecule is COC(=O)c1ccc(OC2c3ccc(O)cc3OCC2C(=O)c2ccc(C)cc2)cc1. The van der Waals surface area contributed by atoms with E-state index >= 15 is 0 Å². The van der Waals surface area contributed by atoms with Crippen LogP contribution in [0.25, 0.3) is 0 Å². The number of hydrogen-bond donors (Lipinski definition) is 1. The molecule has 3 aromatic carbocycles. The molecule has 1 N–H and O–H groups in total. The Morgan fingerprint density at radius 2 is 1.65 bits per heavy atom. The summed E-state index contributed by atoms with van der Waals surface area (Å²) in [6.45, 7) is 2.08. The van der Waals surface area contributed by atoms with E-state index in [2.05, 4.69) is 0 Å². The predicted octanol–water partition coefficient (Wildman–Crippen LogP) is 4.50. The van der Waals surface area contributed by atoms with Crippen molar-refractivity contribution in [3.63, 3.8) is 0 Å². The van der Waals surface area contributed by atoms with Crippen molar-refractivity contribution in [2.75, 3.05) is 13.7 Å². The smallest absolute Gasteiger partial charge is 0.337 e. The van der Waals surface area contributed by atoms with E-state index < -0.39 is 18.0 Å². The van der Waals surface area contributed by atoms with E-state index in [4.69, 9.17) is 14.2 Å². The first-order chi connectivity index (χ1) is 15.0. The lowest BCUT2D eigenvalue weighted by Gasteiger charge is -2.33. The minimum Gasteiger partial charge on any atom is -0.508 e. The summed E-state index contributed by atoms with van der Waals surface area (Å²) in [5, 5.41) is 9.82. The van der Waals surface area contributed by atoms with Crippen molar-refractivity contribution in [1.82, 2.24) is 0 Å². The molecule has 0 saturated carbocycles. The Labute approximate surface area is 180 Å². The van der Waals surface area contributed by atoms with Gasteiger partial charge in [-0.05, 0) is 43.3 Å². The number of aryl methyl sites for hydroxylation is 1. The normalized spacial score (nSPS) is 17.2. The summed E-state index contributed by atoms with van der Waals surface area (Å²) in [7, 11) is 1.32. The summed E-state index contributed by atoms with van der Waals surface area (Å²) in [5.41, 5.74) is 2.72. The number of phenols is 1. The van der Waals surface area contributed by atoms with Gasteiger partial charge in [0, 0.05) is 17.2 Å². The van der Waals surface area contributed by atoms with Gasteiger partial charge in [0.1, 0.15) is 30.0 Å². The molecule has 0 aromatic heterocycles. The molecule has 0 fully saturated rings. The molecule has 0 saturated heterocycles. The van der Waals surface area contributed by atoms with Gasteiger partial charge in [-0.1, -0.05) is 29.8 Å². The van der Waals surface area contributed by atoms with E-state index in [-0.39, 0.29) is 18.1 Å². The van der Waals surface area contributed by atoms with E-state index in [1.54, 1.807) is 42.5 Å². The summed E-state index contributed by atoms with van der Waals surface area (Å²) in [5.74, 6) is -0.0616. The Kier molecular flexibility index (Phi) is 5.62. The molecule has 6 nitrogen and oxygen atoms in total. The molecule has 1 heterocycles. The van der Waals surface area contributed by atoms with Crippen LogP contribution in [0.3, 0.4) is 0 Å². The second kappa shape index (κ2) is 8.52. The van der Waals surface area contributed by atoms with Crippen LogP contribution in [0.1, 0.15) is 37.9 Å². The molecule has 2 unspecified atom stereocenters. The quantitative estimate of drug-likeness (QED) is 0.485. The average Bonchev–Trinajstić information content (AvgIpc) is 2.79. The number of esters is 1. The van der Waals surface area contributed by atoms with Crippen LogP contribution in [0.4, 0.5) is 0 Å². The maximum Gasteiger partial charge on any atom is 0.337 e. The molecule has 2 atom stereocenters. The fraction of sp³-hybridized carbons (Fsp3) is 0.200. The largest absolute Gasteiger partial charge is 0.508 e. The zero-order chi connectivity index (χ0) is 22.0. The number of ether oxygens (including phenoxy) is 3. The third-order valence-corrected chi connectivity index (χ3v) is 5.30. The Morgan fingerprint density at radius 1 is 0.968 bits per heavy atom. The van der Waals surface area contributed by atoms with Crippen molar-refractivity contribution < 1.29 is 28.9 Å². The number of hydrogen-bond acceptors (Lipinski definition) is 6. The topological polar surface area (TPSA) is 82.1 Å². The number of rotatable bonds is 5. The Morgan fingerprint density at radius 3 is 2.32 bits per heavy atom. The van der Waals surface area contributed by atoms with E-state index in [1.165, 1.54) is 19.2 Å². The summed E-state index contributed by atoms with van der Waals surface area (Å²) in [6, 6.07) is 18.7. The van der Waals surface area contributed by atoms with Crippen LogP contribution >= 0.6 is 0 Å². The number of carbonyl (C=O) groups excluding carboxylic acids is 2. The van der Waals surface area contributed by atoms with E-state index in [0.29, 0.717) is 28.2 Å². The minimum atomic E-state index is -0.623. The van der Waals surface area contributed by atoms with E-state index in [1.807, 2.05) is 19.1 Å². The highest BCUT2D eigenvalue weighted by molar-refractivity contribution is 5.98. The average molecular weight is 418 g/mol. The maximum atomic E-state index is 13.3. The number of benzene rings is 3. The number of aromatic hydroxyl groups is 1. The lowest BCUT2D eigenvalue weighted by molar-refractivity contribution is 0.0517. The maximum absolute atomic E-state index is 13.3. The van der Waals surface area contributed by atoms with Gasteiger partial charge in [0.15, 0.2) is 5.78 Å². The van der Waals surface area contributed by atoms with Gasteiger partial charge in [-0.25, -0.2) is 4.79 Å². The third-order valence-electron chi connectivity index (χ3n) is 5.30. The van der Waals surface area contributed by atoms with Crippen molar-refractivity contribution in [1.29, 1.82) is 0 Å². The Hall–Kier alpha value is -3.80. The van der Waals surface area contributed by atoms with E-state index in [0.717, 1.165) is 5.56 Å². The second-order valence-corrected chi connectivity index (χ2v) is 7.42. The number of phenolic OH excluding ortho intramolecular Hbond substituents is 1. The molecular weight excluding hydrogens is 396 g/mol. The van der Waals surface area contributed by atoms with Crippen LogP contribution in [0.15, 0.2) is 66.7 Å². The highest BCUT2D eigenvalue weighted by Gasteiger charge is 2.38. The molecule has 0 amide bonds. The molecular formula is C25H22O6. The molecule has 0 aliphatic carbocycles. The number of methoxy groups -OCH3 is 1. The lowest BCUT2D eigenvalue weighted by atomic mass is 9.86. The molecule has 0 radical (unpaired) electrons. The van der Waals surface area contributed by atoms with Gasteiger partial charge in [0.05, 0.1) is 18.6 Å². The highest BCUT2D eigenvalue weighted by Crippen LogP contribution is 2.41. The molecule has 1 aliphatic heterocycles. The zero-order valence-electron chi connectivity index (χ0n) is 17.2. The summed E-state index contributed by atoms with van der Waals surface area (Å²) in [6.07, 6.45) is -0.623. The molecule has 31 heavy (non-hydrogen) atoms. The Balaban J connectivity index is 1.67. The monoisotopic (exact) mass is 418 g/mol. The van der Waals surface area contributed by atoms with Crippen LogP contribution in [0.5, 0.6) is 17.2 Å². The highest BCUT2D eigenvalue weighted by atomic mass is 16.5. The standard InChI is InChI=1S/C25H22O6/c1-15-3-5-16(6-4-15)23(27)21-14-30-22-13-18(26)9-12-20(22)24(21)31-19-10-7-17(8-11-19)25(28)29-2/h3-13,21,24,26H,14H2,1-2H3. The van der Waals surface area contributed by atoms with Gasteiger partial charge < -0.3 is 19.3 Å².